The molecule has 118 valence electrons. The molecule has 1 unspecified atom stereocenters. The van der Waals surface area contributed by atoms with Gasteiger partial charge in [0.25, 0.3) is 6.43 Å². The Morgan fingerprint density at radius 2 is 2.24 bits per heavy atom. The smallest absolute Gasteiger partial charge is 0.251 e. The highest BCUT2D eigenvalue weighted by Gasteiger charge is 2.43. The van der Waals surface area contributed by atoms with E-state index in [0.717, 1.165) is 37.1 Å². The van der Waals surface area contributed by atoms with E-state index in [1.165, 1.54) is 0 Å². The van der Waals surface area contributed by atoms with E-state index in [1.54, 1.807) is 0 Å². The molecule has 0 aromatic carbocycles. The van der Waals surface area contributed by atoms with E-state index >= 15 is 0 Å². The van der Waals surface area contributed by atoms with Crippen molar-refractivity contribution in [2.45, 2.75) is 37.9 Å². The van der Waals surface area contributed by atoms with Gasteiger partial charge < -0.3 is 10.1 Å². The van der Waals surface area contributed by atoms with Crippen molar-refractivity contribution in [3.8, 4) is 0 Å². The van der Waals surface area contributed by atoms with Gasteiger partial charge in [-0.05, 0) is 44.0 Å². The molecule has 1 N–H and O–H groups in total. The van der Waals surface area contributed by atoms with E-state index in [9.17, 15) is 8.78 Å². The largest absolute Gasteiger partial charge is 0.365 e. The molecule has 1 atom stereocenters. The summed E-state index contributed by atoms with van der Waals surface area (Å²) in [6.07, 6.45) is 1.24. The van der Waals surface area contributed by atoms with Crippen LogP contribution >= 0.6 is 0 Å². The van der Waals surface area contributed by atoms with Crippen LogP contribution < -0.4 is 5.32 Å². The summed E-state index contributed by atoms with van der Waals surface area (Å²) < 4.78 is 32.1. The third kappa shape index (κ3) is 3.33. The first-order valence-electron chi connectivity index (χ1n) is 7.66. The summed E-state index contributed by atoms with van der Waals surface area (Å²) in [7, 11) is 0. The van der Waals surface area contributed by atoms with Crippen molar-refractivity contribution in [3.05, 3.63) is 11.1 Å². The SMILES string of the molecule is CC1=C(C2CN(CC(F)F)CC3(CCNCC3)O2)CN=C1. The first kappa shape index (κ1) is 15.1. The Bertz CT molecular complexity index is 444. The van der Waals surface area contributed by atoms with Crippen LogP contribution in [0.25, 0.3) is 0 Å². The second-order valence-corrected chi connectivity index (χ2v) is 6.30. The van der Waals surface area contributed by atoms with Crippen molar-refractivity contribution in [1.82, 2.24) is 10.2 Å². The van der Waals surface area contributed by atoms with Crippen molar-refractivity contribution in [1.29, 1.82) is 0 Å². The number of alkyl halides is 2. The second-order valence-electron chi connectivity index (χ2n) is 6.30. The Hall–Kier alpha value is -0.850. The molecule has 0 aromatic rings. The molecule has 6 heteroatoms. The van der Waals surface area contributed by atoms with Crippen molar-refractivity contribution in [2.75, 3.05) is 39.3 Å². The number of hydrogen-bond acceptors (Lipinski definition) is 4. The number of halogens is 2. The Labute approximate surface area is 124 Å². The fourth-order valence-electron chi connectivity index (χ4n) is 3.60. The standard InChI is InChI=1S/C15H23F2N3O/c1-11-6-19-7-12(11)13-8-20(9-14(16)17)10-15(21-13)2-4-18-5-3-15/h6,13-14,18H,2-5,7-10H2,1H3. The summed E-state index contributed by atoms with van der Waals surface area (Å²) in [6, 6.07) is 0. The highest BCUT2D eigenvalue weighted by molar-refractivity contribution is 5.82. The molecule has 0 bridgehead atoms. The van der Waals surface area contributed by atoms with E-state index in [0.29, 0.717) is 19.6 Å². The highest BCUT2D eigenvalue weighted by atomic mass is 19.3. The number of nitrogens with one attached hydrogen (secondary N) is 1. The van der Waals surface area contributed by atoms with Gasteiger partial charge in [-0.3, -0.25) is 9.89 Å². The Kier molecular flexibility index (Phi) is 4.38. The molecule has 3 heterocycles. The van der Waals surface area contributed by atoms with E-state index in [-0.39, 0.29) is 18.2 Å². The molecule has 0 amide bonds. The number of piperidine rings is 1. The number of nitrogens with zero attached hydrogens (tertiary/aromatic N) is 2. The van der Waals surface area contributed by atoms with Gasteiger partial charge in [0.15, 0.2) is 0 Å². The summed E-state index contributed by atoms with van der Waals surface area (Å²) in [5.74, 6) is 0. The summed E-state index contributed by atoms with van der Waals surface area (Å²) in [4.78, 5) is 6.16. The van der Waals surface area contributed by atoms with Gasteiger partial charge in [0.05, 0.1) is 24.8 Å². The van der Waals surface area contributed by atoms with Gasteiger partial charge in [-0.2, -0.15) is 0 Å². The van der Waals surface area contributed by atoms with Crippen LogP contribution in [0.3, 0.4) is 0 Å². The van der Waals surface area contributed by atoms with Gasteiger partial charge in [-0.25, -0.2) is 8.78 Å². The van der Waals surface area contributed by atoms with E-state index in [2.05, 4.69) is 10.3 Å². The third-order valence-corrected chi connectivity index (χ3v) is 4.68. The fraction of sp³-hybridized carbons (Fsp3) is 0.800. The molecule has 2 saturated heterocycles. The monoisotopic (exact) mass is 299 g/mol. The molecule has 21 heavy (non-hydrogen) atoms. The lowest BCUT2D eigenvalue weighted by Gasteiger charge is -2.48. The van der Waals surface area contributed by atoms with E-state index in [1.807, 2.05) is 18.0 Å². The average Bonchev–Trinajstić information content (AvgIpc) is 2.84. The van der Waals surface area contributed by atoms with Crippen LogP contribution in [0.2, 0.25) is 0 Å². The predicted octanol–water partition coefficient (Wildman–Crippen LogP) is 1.48. The Balaban J connectivity index is 1.78. The van der Waals surface area contributed by atoms with Crippen molar-refractivity contribution >= 4 is 6.21 Å². The van der Waals surface area contributed by atoms with Crippen molar-refractivity contribution in [3.63, 3.8) is 0 Å². The molecule has 3 aliphatic heterocycles. The minimum atomic E-state index is -2.29. The number of ether oxygens (including phenoxy) is 1. The normalized spacial score (nSPS) is 29.8. The molecule has 4 nitrogen and oxygen atoms in total. The topological polar surface area (TPSA) is 36.9 Å². The van der Waals surface area contributed by atoms with Crippen molar-refractivity contribution in [2.24, 2.45) is 4.99 Å². The zero-order valence-electron chi connectivity index (χ0n) is 12.4. The molecule has 3 rings (SSSR count). The highest BCUT2D eigenvalue weighted by Crippen LogP contribution is 2.34. The van der Waals surface area contributed by atoms with Gasteiger partial charge in [-0.1, -0.05) is 0 Å². The molecular weight excluding hydrogens is 276 g/mol. The number of rotatable bonds is 3. The maximum absolute atomic E-state index is 12.8. The molecule has 0 aromatic heterocycles. The van der Waals surface area contributed by atoms with Gasteiger partial charge in [-0.15, -0.1) is 0 Å². The van der Waals surface area contributed by atoms with E-state index in [4.69, 9.17) is 4.74 Å². The fourth-order valence-corrected chi connectivity index (χ4v) is 3.60. The maximum Gasteiger partial charge on any atom is 0.251 e. The van der Waals surface area contributed by atoms with Crippen LogP contribution in [-0.2, 0) is 4.74 Å². The van der Waals surface area contributed by atoms with Gasteiger partial charge in [0.2, 0.25) is 0 Å². The minimum absolute atomic E-state index is 0.0990. The molecule has 0 aliphatic carbocycles. The molecule has 2 fully saturated rings. The van der Waals surface area contributed by atoms with E-state index < -0.39 is 6.43 Å². The number of aliphatic imine (C=N–C) groups is 1. The maximum atomic E-state index is 12.8. The molecule has 3 aliphatic rings. The summed E-state index contributed by atoms with van der Waals surface area (Å²) in [6.45, 7) is 5.46. The predicted molar refractivity (Wildman–Crippen MR) is 78.2 cm³/mol. The molecule has 0 saturated carbocycles. The van der Waals surface area contributed by atoms with Crippen LogP contribution in [0, 0.1) is 0 Å². The van der Waals surface area contributed by atoms with Crippen LogP contribution in [0.15, 0.2) is 16.1 Å². The lowest BCUT2D eigenvalue weighted by Crippen LogP contribution is -2.60. The second kappa shape index (κ2) is 6.10. The van der Waals surface area contributed by atoms with Crippen molar-refractivity contribution < 1.29 is 13.5 Å². The summed E-state index contributed by atoms with van der Waals surface area (Å²) >= 11 is 0. The first-order chi connectivity index (χ1) is 10.1. The number of morpholine rings is 1. The van der Waals surface area contributed by atoms with Crippen LogP contribution in [-0.4, -0.2) is 68.5 Å². The number of hydrogen-bond donors (Lipinski definition) is 1. The zero-order valence-corrected chi connectivity index (χ0v) is 12.4. The Morgan fingerprint density at radius 1 is 1.48 bits per heavy atom. The average molecular weight is 299 g/mol. The summed E-state index contributed by atoms with van der Waals surface area (Å²) in [5, 5.41) is 3.32. The Morgan fingerprint density at radius 3 is 2.86 bits per heavy atom. The lowest BCUT2D eigenvalue weighted by atomic mass is 9.88. The van der Waals surface area contributed by atoms with Crippen LogP contribution in [0.5, 0.6) is 0 Å². The number of allylic oxidation sites excluding steroid dienone is 1. The molecule has 1 spiro atoms. The van der Waals surface area contributed by atoms with Gasteiger partial charge in [0, 0.05) is 19.3 Å². The summed E-state index contributed by atoms with van der Waals surface area (Å²) in [5.41, 5.74) is 2.01. The van der Waals surface area contributed by atoms with Crippen LogP contribution in [0.1, 0.15) is 19.8 Å². The minimum Gasteiger partial charge on any atom is -0.365 e. The van der Waals surface area contributed by atoms with Gasteiger partial charge in [0.1, 0.15) is 0 Å². The first-order valence-corrected chi connectivity index (χ1v) is 7.66. The zero-order chi connectivity index (χ0) is 14.9. The lowest BCUT2D eigenvalue weighted by molar-refractivity contribution is -0.159. The molecule has 0 radical (unpaired) electrons. The van der Waals surface area contributed by atoms with Crippen LogP contribution in [0.4, 0.5) is 8.78 Å². The third-order valence-electron chi connectivity index (χ3n) is 4.68. The van der Waals surface area contributed by atoms with Gasteiger partial charge >= 0.3 is 0 Å². The quantitative estimate of drug-likeness (QED) is 0.857. The molecular formula is C15H23F2N3O.